The van der Waals surface area contributed by atoms with Crippen LogP contribution in [0.5, 0.6) is 0 Å². The highest BCUT2D eigenvalue weighted by atomic mass is 16.4. The van der Waals surface area contributed by atoms with Gasteiger partial charge in [0.25, 0.3) is 5.91 Å². The Labute approximate surface area is 122 Å². The zero-order chi connectivity index (χ0) is 16.0. The van der Waals surface area contributed by atoms with Crippen LogP contribution in [0.3, 0.4) is 0 Å². The van der Waals surface area contributed by atoms with Gasteiger partial charge in [-0.05, 0) is 30.5 Å². The molecular formula is C14H19N3O4. The second-order valence-electron chi connectivity index (χ2n) is 5.06. The number of nitrogens with two attached hydrogens (primary N) is 1. The third-order valence-electron chi connectivity index (χ3n) is 2.70. The van der Waals surface area contributed by atoms with Gasteiger partial charge in [0.1, 0.15) is 6.04 Å². The van der Waals surface area contributed by atoms with E-state index in [9.17, 15) is 14.4 Å². The van der Waals surface area contributed by atoms with E-state index in [1.54, 1.807) is 12.1 Å². The van der Waals surface area contributed by atoms with E-state index < -0.39 is 23.9 Å². The topological polar surface area (TPSA) is 122 Å². The molecule has 1 aromatic rings. The molecule has 0 aliphatic heterocycles. The number of amides is 3. The molecule has 7 nitrogen and oxygen atoms in total. The van der Waals surface area contributed by atoms with Crippen LogP contribution in [0.15, 0.2) is 24.3 Å². The number of carbonyl (C=O) groups is 3. The average molecular weight is 293 g/mol. The number of carbonyl (C=O) groups excluding carboxylic acids is 2. The normalized spacial score (nSPS) is 11.8. The molecule has 0 spiro atoms. The maximum Gasteiger partial charge on any atom is 0.326 e. The Hall–Kier alpha value is -2.57. The molecule has 0 aliphatic rings. The van der Waals surface area contributed by atoms with Crippen molar-refractivity contribution in [2.75, 3.05) is 5.32 Å². The molecule has 1 rings (SSSR count). The predicted molar refractivity (Wildman–Crippen MR) is 78.0 cm³/mol. The Kier molecular flexibility index (Phi) is 5.71. The number of aliphatic carboxylic acids is 1. The quantitative estimate of drug-likeness (QED) is 0.633. The third kappa shape index (κ3) is 5.52. The molecule has 0 heterocycles. The Morgan fingerprint density at radius 1 is 1.29 bits per heavy atom. The summed E-state index contributed by atoms with van der Waals surface area (Å²) in [5.74, 6) is -1.46. The van der Waals surface area contributed by atoms with Gasteiger partial charge in [0.15, 0.2) is 0 Å². The molecule has 0 saturated heterocycles. The van der Waals surface area contributed by atoms with E-state index in [4.69, 9.17) is 10.8 Å². The minimum absolute atomic E-state index is 0.134. The summed E-state index contributed by atoms with van der Waals surface area (Å²) in [4.78, 5) is 34.0. The largest absolute Gasteiger partial charge is 0.480 e. The summed E-state index contributed by atoms with van der Waals surface area (Å²) < 4.78 is 0. The van der Waals surface area contributed by atoms with E-state index in [-0.39, 0.29) is 11.5 Å². The van der Waals surface area contributed by atoms with Crippen molar-refractivity contribution in [1.29, 1.82) is 0 Å². The van der Waals surface area contributed by atoms with Crippen LogP contribution in [0.4, 0.5) is 10.5 Å². The third-order valence-corrected chi connectivity index (χ3v) is 2.70. The van der Waals surface area contributed by atoms with Crippen LogP contribution in [0.25, 0.3) is 0 Å². The lowest BCUT2D eigenvalue weighted by Crippen LogP contribution is -2.41. The fraction of sp³-hybridized carbons (Fsp3) is 0.357. The predicted octanol–water partition coefficient (Wildman–Crippen LogP) is 1.41. The SMILES string of the molecule is CC(C)CC(NC(=O)c1cccc(NC(N)=O)c1)C(=O)O. The summed E-state index contributed by atoms with van der Waals surface area (Å²) in [6.45, 7) is 3.75. The molecule has 1 atom stereocenters. The van der Waals surface area contributed by atoms with Crippen molar-refractivity contribution in [3.8, 4) is 0 Å². The average Bonchev–Trinajstić information content (AvgIpc) is 2.36. The molecule has 0 bridgehead atoms. The van der Waals surface area contributed by atoms with Gasteiger partial charge in [-0.15, -0.1) is 0 Å². The summed E-state index contributed by atoms with van der Waals surface area (Å²) in [5, 5.41) is 13.9. The van der Waals surface area contributed by atoms with E-state index >= 15 is 0 Å². The van der Waals surface area contributed by atoms with Crippen molar-refractivity contribution in [2.24, 2.45) is 11.7 Å². The Morgan fingerprint density at radius 3 is 2.48 bits per heavy atom. The first kappa shape index (κ1) is 16.5. The number of rotatable bonds is 6. The first-order valence-electron chi connectivity index (χ1n) is 6.49. The Bertz CT molecular complexity index is 543. The number of hydrogen-bond donors (Lipinski definition) is 4. The standard InChI is InChI=1S/C14H19N3O4/c1-8(2)6-11(13(19)20)17-12(18)9-4-3-5-10(7-9)16-14(15)21/h3-5,7-8,11H,6H2,1-2H3,(H,17,18)(H,19,20)(H3,15,16,21). The van der Waals surface area contributed by atoms with Crippen molar-refractivity contribution in [3.05, 3.63) is 29.8 Å². The molecule has 0 aliphatic carbocycles. The second-order valence-corrected chi connectivity index (χ2v) is 5.06. The highest BCUT2D eigenvalue weighted by molar-refractivity contribution is 5.98. The summed E-state index contributed by atoms with van der Waals surface area (Å²) in [5.41, 5.74) is 5.61. The van der Waals surface area contributed by atoms with Gasteiger partial charge in [-0.1, -0.05) is 19.9 Å². The zero-order valence-corrected chi connectivity index (χ0v) is 11.9. The fourth-order valence-corrected chi connectivity index (χ4v) is 1.81. The van der Waals surface area contributed by atoms with Crippen LogP contribution < -0.4 is 16.4 Å². The van der Waals surface area contributed by atoms with Gasteiger partial charge in [-0.2, -0.15) is 0 Å². The number of carboxylic acid groups (broad SMARTS) is 1. The van der Waals surface area contributed by atoms with Gasteiger partial charge in [-0.25, -0.2) is 9.59 Å². The van der Waals surface area contributed by atoms with Gasteiger partial charge in [0.2, 0.25) is 0 Å². The number of benzene rings is 1. The maximum atomic E-state index is 12.1. The van der Waals surface area contributed by atoms with Crippen molar-refractivity contribution in [1.82, 2.24) is 5.32 Å². The molecule has 3 amide bonds. The van der Waals surface area contributed by atoms with Crippen molar-refractivity contribution in [2.45, 2.75) is 26.3 Å². The molecule has 0 radical (unpaired) electrons. The first-order chi connectivity index (χ1) is 9.79. The lowest BCUT2D eigenvalue weighted by molar-refractivity contribution is -0.139. The number of urea groups is 1. The van der Waals surface area contributed by atoms with E-state index in [0.29, 0.717) is 12.1 Å². The van der Waals surface area contributed by atoms with Crippen molar-refractivity contribution < 1.29 is 19.5 Å². The summed E-state index contributed by atoms with van der Waals surface area (Å²) in [6, 6.07) is 4.40. The molecule has 0 fully saturated rings. The fourth-order valence-electron chi connectivity index (χ4n) is 1.81. The smallest absolute Gasteiger partial charge is 0.326 e. The molecule has 1 unspecified atom stereocenters. The monoisotopic (exact) mass is 293 g/mol. The molecule has 1 aromatic carbocycles. The molecule has 7 heteroatoms. The van der Waals surface area contributed by atoms with Crippen LogP contribution in [-0.2, 0) is 4.79 Å². The van der Waals surface area contributed by atoms with Gasteiger partial charge in [-0.3, -0.25) is 4.79 Å². The van der Waals surface area contributed by atoms with Crippen LogP contribution in [0.2, 0.25) is 0 Å². The Balaban J connectivity index is 2.82. The molecule has 21 heavy (non-hydrogen) atoms. The molecule has 0 aromatic heterocycles. The minimum atomic E-state index is -1.08. The zero-order valence-electron chi connectivity index (χ0n) is 11.9. The molecule has 0 saturated carbocycles. The Morgan fingerprint density at radius 2 is 1.95 bits per heavy atom. The van der Waals surface area contributed by atoms with Crippen LogP contribution in [0, 0.1) is 5.92 Å². The summed E-state index contributed by atoms with van der Waals surface area (Å²) in [7, 11) is 0. The molecule has 114 valence electrons. The lowest BCUT2D eigenvalue weighted by atomic mass is 10.0. The molecular weight excluding hydrogens is 274 g/mol. The first-order valence-corrected chi connectivity index (χ1v) is 6.49. The van der Waals surface area contributed by atoms with Crippen LogP contribution in [0.1, 0.15) is 30.6 Å². The minimum Gasteiger partial charge on any atom is -0.480 e. The number of primary amides is 1. The summed E-state index contributed by atoms with van der Waals surface area (Å²) >= 11 is 0. The van der Waals surface area contributed by atoms with Gasteiger partial charge in [0.05, 0.1) is 0 Å². The van der Waals surface area contributed by atoms with E-state index in [0.717, 1.165) is 0 Å². The number of carboxylic acids is 1. The number of anilines is 1. The van der Waals surface area contributed by atoms with Crippen LogP contribution in [-0.4, -0.2) is 29.1 Å². The molecule has 5 N–H and O–H groups in total. The lowest BCUT2D eigenvalue weighted by Gasteiger charge is -2.16. The van der Waals surface area contributed by atoms with E-state index in [1.165, 1.54) is 12.1 Å². The number of hydrogen-bond acceptors (Lipinski definition) is 3. The van der Waals surface area contributed by atoms with Gasteiger partial charge in [0, 0.05) is 11.3 Å². The highest BCUT2D eigenvalue weighted by Gasteiger charge is 2.21. The van der Waals surface area contributed by atoms with E-state index in [1.807, 2.05) is 13.8 Å². The van der Waals surface area contributed by atoms with Crippen molar-refractivity contribution >= 4 is 23.6 Å². The van der Waals surface area contributed by atoms with Crippen molar-refractivity contribution in [3.63, 3.8) is 0 Å². The maximum absolute atomic E-state index is 12.1. The van der Waals surface area contributed by atoms with Gasteiger partial charge >= 0.3 is 12.0 Å². The highest BCUT2D eigenvalue weighted by Crippen LogP contribution is 2.12. The van der Waals surface area contributed by atoms with Gasteiger partial charge < -0.3 is 21.5 Å². The van der Waals surface area contributed by atoms with E-state index in [2.05, 4.69) is 10.6 Å². The summed E-state index contributed by atoms with van der Waals surface area (Å²) in [6.07, 6.45) is 0.334. The second kappa shape index (κ2) is 7.28. The van der Waals surface area contributed by atoms with Crippen LogP contribution >= 0.6 is 0 Å². The number of nitrogens with one attached hydrogen (secondary N) is 2.